The van der Waals surface area contributed by atoms with E-state index in [-0.39, 0.29) is 17.2 Å². The van der Waals surface area contributed by atoms with Crippen molar-refractivity contribution in [2.75, 3.05) is 17.7 Å². The van der Waals surface area contributed by atoms with Gasteiger partial charge < -0.3 is 15.4 Å². The molecule has 0 spiro atoms. The van der Waals surface area contributed by atoms with Gasteiger partial charge in [-0.15, -0.1) is 11.8 Å². The number of nitrogens with zero attached hydrogens (tertiary/aromatic N) is 1. The van der Waals surface area contributed by atoms with Crippen molar-refractivity contribution in [2.45, 2.75) is 49.5 Å². The van der Waals surface area contributed by atoms with Crippen LogP contribution < -0.4 is 10.6 Å². The van der Waals surface area contributed by atoms with Gasteiger partial charge in [-0.2, -0.15) is 5.26 Å². The van der Waals surface area contributed by atoms with Gasteiger partial charge in [0.15, 0.2) is 6.61 Å². The SMILES string of the molecule is Cc1ccc(NC(=O)CSc2ccccc2C(=O)OCC(=O)NC2(C#N)CCCCC2)cc1. The zero-order valence-electron chi connectivity index (χ0n) is 18.6. The lowest BCUT2D eigenvalue weighted by Gasteiger charge is -2.31. The van der Waals surface area contributed by atoms with Gasteiger partial charge in [0, 0.05) is 10.6 Å². The van der Waals surface area contributed by atoms with E-state index in [1.54, 1.807) is 24.3 Å². The van der Waals surface area contributed by atoms with E-state index in [1.807, 2.05) is 31.2 Å². The standard InChI is InChI=1S/C25H27N3O4S/c1-18-9-11-19(12-10-18)27-23(30)16-33-21-8-4-3-7-20(21)24(31)32-15-22(29)28-25(17-26)13-5-2-6-14-25/h3-4,7-12H,2,5-6,13-16H2,1H3,(H,27,30)(H,28,29). The van der Waals surface area contributed by atoms with Gasteiger partial charge in [0.05, 0.1) is 17.4 Å². The third-order valence-electron chi connectivity index (χ3n) is 5.44. The Bertz CT molecular complexity index is 1040. The molecule has 0 bridgehead atoms. The predicted octanol–water partition coefficient (Wildman–Crippen LogP) is 4.23. The first-order valence-electron chi connectivity index (χ1n) is 10.9. The first-order valence-corrected chi connectivity index (χ1v) is 11.9. The van der Waals surface area contributed by atoms with Gasteiger partial charge in [-0.05, 0) is 44.0 Å². The van der Waals surface area contributed by atoms with Gasteiger partial charge in [-0.1, -0.05) is 49.1 Å². The molecular weight excluding hydrogens is 438 g/mol. The number of hydrogen-bond acceptors (Lipinski definition) is 6. The van der Waals surface area contributed by atoms with Crippen LogP contribution in [0.1, 0.15) is 48.0 Å². The number of benzene rings is 2. The number of nitrogens with one attached hydrogen (secondary N) is 2. The molecular formula is C25H27N3O4S. The molecule has 2 aromatic rings. The third kappa shape index (κ3) is 7.09. The van der Waals surface area contributed by atoms with Crippen LogP contribution in [0.15, 0.2) is 53.4 Å². The molecule has 0 aromatic heterocycles. The van der Waals surface area contributed by atoms with Crippen LogP contribution in [0.4, 0.5) is 5.69 Å². The molecule has 8 heteroatoms. The molecule has 2 aromatic carbocycles. The molecule has 2 N–H and O–H groups in total. The first-order chi connectivity index (χ1) is 15.9. The fraction of sp³-hybridized carbons (Fsp3) is 0.360. The number of aryl methyl sites for hydroxylation is 1. The summed E-state index contributed by atoms with van der Waals surface area (Å²) in [7, 11) is 0. The van der Waals surface area contributed by atoms with Crippen LogP contribution in [0.3, 0.4) is 0 Å². The number of anilines is 1. The van der Waals surface area contributed by atoms with Crippen LogP contribution in [0, 0.1) is 18.3 Å². The Morgan fingerprint density at radius 2 is 1.73 bits per heavy atom. The smallest absolute Gasteiger partial charge is 0.339 e. The van der Waals surface area contributed by atoms with Gasteiger partial charge in [-0.3, -0.25) is 9.59 Å². The van der Waals surface area contributed by atoms with Crippen molar-refractivity contribution in [2.24, 2.45) is 0 Å². The van der Waals surface area contributed by atoms with E-state index in [1.165, 1.54) is 11.8 Å². The maximum absolute atomic E-state index is 12.6. The van der Waals surface area contributed by atoms with E-state index in [0.29, 0.717) is 23.4 Å². The highest BCUT2D eigenvalue weighted by Crippen LogP contribution is 2.27. The van der Waals surface area contributed by atoms with Crippen molar-refractivity contribution in [3.8, 4) is 6.07 Å². The van der Waals surface area contributed by atoms with E-state index in [2.05, 4.69) is 16.7 Å². The van der Waals surface area contributed by atoms with Gasteiger partial charge in [0.1, 0.15) is 5.54 Å². The van der Waals surface area contributed by atoms with Crippen molar-refractivity contribution in [3.63, 3.8) is 0 Å². The first kappa shape index (κ1) is 24.3. The average Bonchev–Trinajstić information content (AvgIpc) is 2.83. The molecule has 0 unspecified atom stereocenters. The number of esters is 1. The van der Waals surface area contributed by atoms with Crippen molar-refractivity contribution in [1.29, 1.82) is 5.26 Å². The molecule has 0 heterocycles. The van der Waals surface area contributed by atoms with Crippen LogP contribution in [0.25, 0.3) is 0 Å². The predicted molar refractivity (Wildman–Crippen MR) is 127 cm³/mol. The van der Waals surface area contributed by atoms with Crippen LogP contribution in [0.5, 0.6) is 0 Å². The fourth-order valence-corrected chi connectivity index (χ4v) is 4.51. The van der Waals surface area contributed by atoms with E-state index in [9.17, 15) is 19.6 Å². The Balaban J connectivity index is 1.52. The van der Waals surface area contributed by atoms with E-state index >= 15 is 0 Å². The molecule has 1 saturated carbocycles. The topological polar surface area (TPSA) is 108 Å². The molecule has 2 amide bonds. The Morgan fingerprint density at radius 3 is 2.42 bits per heavy atom. The maximum atomic E-state index is 12.6. The van der Waals surface area contributed by atoms with Crippen molar-refractivity contribution >= 4 is 35.2 Å². The molecule has 1 aliphatic carbocycles. The molecule has 0 radical (unpaired) electrons. The van der Waals surface area contributed by atoms with Gasteiger partial charge in [0.25, 0.3) is 5.91 Å². The number of thioether (sulfide) groups is 1. The van der Waals surface area contributed by atoms with Crippen LogP contribution in [-0.2, 0) is 14.3 Å². The largest absolute Gasteiger partial charge is 0.452 e. The average molecular weight is 466 g/mol. The Kier molecular flexibility index (Phi) is 8.50. The molecule has 172 valence electrons. The van der Waals surface area contributed by atoms with Crippen molar-refractivity contribution in [3.05, 3.63) is 59.7 Å². The second-order valence-electron chi connectivity index (χ2n) is 8.08. The summed E-state index contributed by atoms with van der Waals surface area (Å²) in [5.74, 6) is -1.22. The van der Waals surface area contributed by atoms with Crippen LogP contribution in [-0.4, -0.2) is 35.7 Å². The second-order valence-corrected chi connectivity index (χ2v) is 9.10. The molecule has 0 saturated heterocycles. The summed E-state index contributed by atoms with van der Waals surface area (Å²) < 4.78 is 5.20. The Labute approximate surface area is 197 Å². The molecule has 7 nitrogen and oxygen atoms in total. The number of carbonyl (C=O) groups is 3. The highest BCUT2D eigenvalue weighted by molar-refractivity contribution is 8.00. The molecule has 1 fully saturated rings. The number of hydrogen-bond donors (Lipinski definition) is 2. The summed E-state index contributed by atoms with van der Waals surface area (Å²) in [5, 5.41) is 15.0. The highest BCUT2D eigenvalue weighted by atomic mass is 32.2. The van der Waals surface area contributed by atoms with Gasteiger partial charge >= 0.3 is 5.97 Å². The number of ether oxygens (including phenoxy) is 1. The second kappa shape index (κ2) is 11.5. The summed E-state index contributed by atoms with van der Waals surface area (Å²) in [5.41, 5.74) is 1.22. The minimum atomic E-state index is -0.875. The zero-order chi connectivity index (χ0) is 23.7. The van der Waals surface area contributed by atoms with Crippen LogP contribution >= 0.6 is 11.8 Å². The van der Waals surface area contributed by atoms with E-state index < -0.39 is 24.0 Å². The summed E-state index contributed by atoms with van der Waals surface area (Å²) >= 11 is 1.22. The summed E-state index contributed by atoms with van der Waals surface area (Å²) in [6, 6.07) is 16.5. The monoisotopic (exact) mass is 465 g/mol. The van der Waals surface area contributed by atoms with E-state index in [0.717, 1.165) is 24.8 Å². The lowest BCUT2D eigenvalue weighted by molar-refractivity contribution is -0.126. The number of rotatable bonds is 8. The van der Waals surface area contributed by atoms with Gasteiger partial charge in [0.2, 0.25) is 5.91 Å². The normalized spacial score (nSPS) is 14.5. The van der Waals surface area contributed by atoms with Gasteiger partial charge in [-0.25, -0.2) is 4.79 Å². The number of nitriles is 1. The Hall–Kier alpha value is -3.31. The minimum Gasteiger partial charge on any atom is -0.452 e. The summed E-state index contributed by atoms with van der Waals surface area (Å²) in [6.45, 7) is 1.51. The Morgan fingerprint density at radius 1 is 1.03 bits per heavy atom. The van der Waals surface area contributed by atoms with Crippen LogP contribution in [0.2, 0.25) is 0 Å². The highest BCUT2D eigenvalue weighted by Gasteiger charge is 2.33. The van der Waals surface area contributed by atoms with Crippen molar-refractivity contribution < 1.29 is 19.1 Å². The number of carbonyl (C=O) groups excluding carboxylic acids is 3. The molecule has 1 aliphatic rings. The summed E-state index contributed by atoms with van der Waals surface area (Å²) in [6.07, 6.45) is 4.03. The lowest BCUT2D eigenvalue weighted by Crippen LogP contribution is -2.50. The quantitative estimate of drug-likeness (QED) is 0.446. The lowest BCUT2D eigenvalue weighted by atomic mass is 9.83. The molecule has 3 rings (SSSR count). The zero-order valence-corrected chi connectivity index (χ0v) is 19.4. The maximum Gasteiger partial charge on any atom is 0.339 e. The fourth-order valence-electron chi connectivity index (χ4n) is 3.67. The van der Waals surface area contributed by atoms with Crippen molar-refractivity contribution in [1.82, 2.24) is 5.32 Å². The third-order valence-corrected chi connectivity index (χ3v) is 6.51. The molecule has 0 aliphatic heterocycles. The minimum absolute atomic E-state index is 0.114. The molecule has 33 heavy (non-hydrogen) atoms. The number of amides is 2. The van der Waals surface area contributed by atoms with E-state index in [4.69, 9.17) is 4.74 Å². The molecule has 0 atom stereocenters. The summed E-state index contributed by atoms with van der Waals surface area (Å²) in [4.78, 5) is 37.8.